The Morgan fingerprint density at radius 2 is 2.12 bits per heavy atom. The summed E-state index contributed by atoms with van der Waals surface area (Å²) in [5.74, 6) is 0. The van der Waals surface area contributed by atoms with Crippen molar-refractivity contribution in [3.8, 4) is 0 Å². The van der Waals surface area contributed by atoms with Crippen LogP contribution < -0.4 is 0 Å². The van der Waals surface area contributed by atoms with Gasteiger partial charge in [-0.05, 0) is 6.42 Å². The highest BCUT2D eigenvalue weighted by atomic mass is 35.7. The average Bonchev–Trinajstić information content (AvgIpc) is 1.69. The molecule has 0 saturated heterocycles. The van der Waals surface area contributed by atoms with Crippen molar-refractivity contribution in [3.63, 3.8) is 0 Å². The number of rotatable bonds is 3. The first-order valence-electron chi connectivity index (χ1n) is 2.53. The van der Waals surface area contributed by atoms with E-state index in [2.05, 4.69) is 0 Å². The van der Waals surface area contributed by atoms with Crippen molar-refractivity contribution in [1.82, 2.24) is 0 Å². The van der Waals surface area contributed by atoms with Crippen LogP contribution in [-0.4, -0.2) is 20.3 Å². The summed E-state index contributed by atoms with van der Waals surface area (Å²) in [5, 5.41) is 0. The summed E-state index contributed by atoms with van der Waals surface area (Å²) in [6.45, 7) is 2.01. The molecule has 1 nitrogen and oxygen atoms in total. The third-order valence-corrected chi connectivity index (χ3v) is 3.98. The number of halogens is 2. The first-order valence-corrected chi connectivity index (χ1v) is 6.69. The highest BCUT2D eigenvalue weighted by Gasteiger charge is 2.15. The van der Waals surface area contributed by atoms with Crippen molar-refractivity contribution in [3.05, 3.63) is 0 Å². The fourth-order valence-electron chi connectivity index (χ4n) is 0.448. The largest absolute Gasteiger partial charge is 0.382 e. The van der Waals surface area contributed by atoms with Crippen LogP contribution in [0.5, 0.6) is 0 Å². The molecule has 0 aliphatic carbocycles. The maximum absolute atomic E-state index is 5.62. The highest BCUT2D eigenvalue weighted by molar-refractivity contribution is 7.34. The number of methoxy groups -OCH3 is 1. The molecule has 0 aromatic rings. The normalized spacial score (nSPS) is 14.6. The highest BCUT2D eigenvalue weighted by Crippen LogP contribution is 2.08. The van der Waals surface area contributed by atoms with Gasteiger partial charge in [-0.15, -0.1) is 22.2 Å². The van der Waals surface area contributed by atoms with Crippen molar-refractivity contribution >= 4 is 29.6 Å². The van der Waals surface area contributed by atoms with Crippen LogP contribution in [0.25, 0.3) is 0 Å². The van der Waals surface area contributed by atoms with Gasteiger partial charge in [-0.3, -0.25) is 0 Å². The SMILES string of the molecule is CCC(OC)[SiH](Cl)Cl. The predicted octanol–water partition coefficient (Wildman–Crippen LogP) is 1.65. The molecule has 0 radical (unpaired) electrons. The quantitative estimate of drug-likeness (QED) is 0.465. The van der Waals surface area contributed by atoms with E-state index in [1.807, 2.05) is 6.92 Å². The van der Waals surface area contributed by atoms with Gasteiger partial charge in [0.25, 0.3) is 7.42 Å². The van der Waals surface area contributed by atoms with E-state index in [0.29, 0.717) is 0 Å². The molecule has 0 aromatic heterocycles. The van der Waals surface area contributed by atoms with E-state index in [1.165, 1.54) is 0 Å². The molecule has 0 fully saturated rings. The van der Waals surface area contributed by atoms with Crippen LogP contribution in [0.15, 0.2) is 0 Å². The van der Waals surface area contributed by atoms with Gasteiger partial charge in [-0.1, -0.05) is 6.92 Å². The molecule has 0 heterocycles. The molecule has 0 saturated carbocycles. The summed E-state index contributed by atoms with van der Waals surface area (Å²) in [4.78, 5) is 0. The number of hydrogen-bond acceptors (Lipinski definition) is 1. The van der Waals surface area contributed by atoms with Gasteiger partial charge in [0.2, 0.25) is 0 Å². The van der Waals surface area contributed by atoms with E-state index in [4.69, 9.17) is 26.9 Å². The second kappa shape index (κ2) is 4.62. The summed E-state index contributed by atoms with van der Waals surface area (Å²) in [5.41, 5.74) is 0.123. The average molecular weight is 173 g/mol. The van der Waals surface area contributed by atoms with Crippen molar-refractivity contribution in [1.29, 1.82) is 0 Å². The van der Waals surface area contributed by atoms with E-state index in [-0.39, 0.29) is 5.73 Å². The molecule has 1 unspecified atom stereocenters. The summed E-state index contributed by atoms with van der Waals surface area (Å²) in [6.07, 6.45) is 0.917. The predicted molar refractivity (Wildman–Crippen MR) is 39.9 cm³/mol. The Hall–Kier alpha value is 0.757. The van der Waals surface area contributed by atoms with Crippen molar-refractivity contribution in [2.45, 2.75) is 19.1 Å². The lowest BCUT2D eigenvalue weighted by Crippen LogP contribution is -2.21. The van der Waals surface area contributed by atoms with Crippen LogP contribution in [0, 0.1) is 0 Å². The van der Waals surface area contributed by atoms with Gasteiger partial charge < -0.3 is 4.74 Å². The molecule has 50 valence electrons. The first-order chi connectivity index (χ1) is 3.72. The summed E-state index contributed by atoms with van der Waals surface area (Å²) < 4.78 is 4.96. The number of hydrogen-bond donors (Lipinski definition) is 0. The minimum Gasteiger partial charge on any atom is -0.382 e. The zero-order valence-electron chi connectivity index (χ0n) is 5.03. The Balaban J connectivity index is 3.35. The summed E-state index contributed by atoms with van der Waals surface area (Å²) >= 11 is 11.2. The first kappa shape index (κ1) is 8.76. The second-order valence-electron chi connectivity index (χ2n) is 1.52. The molecule has 0 aliphatic rings. The van der Waals surface area contributed by atoms with Gasteiger partial charge in [0, 0.05) is 7.11 Å². The molecule has 0 rings (SSSR count). The van der Waals surface area contributed by atoms with Crippen molar-refractivity contribution in [2.75, 3.05) is 7.11 Å². The van der Waals surface area contributed by atoms with Crippen LogP contribution >= 0.6 is 22.2 Å². The Morgan fingerprint density at radius 3 is 2.12 bits per heavy atom. The Bertz CT molecular complexity index is 56.0. The molecule has 0 aliphatic heterocycles. The third kappa shape index (κ3) is 2.92. The summed E-state index contributed by atoms with van der Waals surface area (Å²) in [6, 6.07) is 0. The molecule has 0 spiro atoms. The Labute approximate surface area is 60.9 Å². The van der Waals surface area contributed by atoms with Crippen molar-refractivity contribution in [2.24, 2.45) is 0 Å². The lowest BCUT2D eigenvalue weighted by atomic mass is 10.5. The van der Waals surface area contributed by atoms with E-state index >= 15 is 0 Å². The third-order valence-electron chi connectivity index (χ3n) is 0.986. The topological polar surface area (TPSA) is 9.23 Å². The molecule has 8 heavy (non-hydrogen) atoms. The minimum absolute atomic E-state index is 0.123. The maximum atomic E-state index is 5.62. The van der Waals surface area contributed by atoms with Crippen LogP contribution in [0.3, 0.4) is 0 Å². The van der Waals surface area contributed by atoms with E-state index in [0.717, 1.165) is 6.42 Å². The summed E-state index contributed by atoms with van der Waals surface area (Å²) in [7, 11) is 0.0746. The number of ether oxygens (including phenoxy) is 1. The zero-order chi connectivity index (χ0) is 6.57. The molecule has 1 atom stereocenters. The van der Waals surface area contributed by atoms with Crippen LogP contribution in [-0.2, 0) is 4.74 Å². The Kier molecular flexibility index (Phi) is 5.06. The lowest BCUT2D eigenvalue weighted by Gasteiger charge is -2.10. The van der Waals surface area contributed by atoms with E-state index in [1.54, 1.807) is 7.11 Å². The van der Waals surface area contributed by atoms with E-state index < -0.39 is 7.42 Å². The standard InChI is InChI=1S/C4H10Cl2OSi/c1-3-4(7-2)8(5)6/h4,8H,3H2,1-2H3. The fourth-order valence-corrected chi connectivity index (χ4v) is 2.70. The molecular formula is C4H10Cl2OSi. The van der Waals surface area contributed by atoms with Crippen molar-refractivity contribution < 1.29 is 4.74 Å². The van der Waals surface area contributed by atoms with Gasteiger partial charge in [0.05, 0.1) is 5.73 Å². The molecule has 0 aromatic carbocycles. The van der Waals surface area contributed by atoms with Gasteiger partial charge in [0.1, 0.15) is 0 Å². The van der Waals surface area contributed by atoms with Gasteiger partial charge in [-0.25, -0.2) is 0 Å². The zero-order valence-corrected chi connectivity index (χ0v) is 7.69. The second-order valence-corrected chi connectivity index (χ2v) is 6.42. The van der Waals surface area contributed by atoms with Crippen LogP contribution in [0.2, 0.25) is 0 Å². The smallest absolute Gasteiger partial charge is 0.264 e. The van der Waals surface area contributed by atoms with Crippen LogP contribution in [0.4, 0.5) is 0 Å². The lowest BCUT2D eigenvalue weighted by molar-refractivity contribution is 0.161. The fraction of sp³-hybridized carbons (Fsp3) is 1.00. The molecule has 0 amide bonds. The molecular weight excluding hydrogens is 163 g/mol. The van der Waals surface area contributed by atoms with E-state index in [9.17, 15) is 0 Å². The van der Waals surface area contributed by atoms with Gasteiger partial charge in [-0.2, -0.15) is 0 Å². The monoisotopic (exact) mass is 172 g/mol. The minimum atomic E-state index is -1.56. The Morgan fingerprint density at radius 1 is 1.62 bits per heavy atom. The molecule has 0 N–H and O–H groups in total. The molecule has 0 bridgehead atoms. The molecule has 4 heteroatoms. The van der Waals surface area contributed by atoms with Gasteiger partial charge >= 0.3 is 0 Å². The maximum Gasteiger partial charge on any atom is 0.264 e. The van der Waals surface area contributed by atoms with Crippen LogP contribution in [0.1, 0.15) is 13.3 Å². The van der Waals surface area contributed by atoms with Gasteiger partial charge in [0.15, 0.2) is 0 Å².